The molecule has 0 amide bonds. The van der Waals surface area contributed by atoms with Crippen molar-refractivity contribution in [1.29, 1.82) is 0 Å². The van der Waals surface area contributed by atoms with Gasteiger partial charge >= 0.3 is 0 Å². The first-order valence-electron chi connectivity index (χ1n) is 6.98. The largest absolute Gasteiger partial charge is 0.508 e. The van der Waals surface area contributed by atoms with Gasteiger partial charge in [0.1, 0.15) is 5.75 Å². The van der Waals surface area contributed by atoms with Crippen molar-refractivity contribution in [3.8, 4) is 16.9 Å². The zero-order chi connectivity index (χ0) is 14.5. The molecule has 0 bridgehead atoms. The Kier molecular flexibility index (Phi) is 3.88. The van der Waals surface area contributed by atoms with Crippen molar-refractivity contribution < 1.29 is 5.11 Å². The summed E-state index contributed by atoms with van der Waals surface area (Å²) in [5.74, 6) is 0.277. The number of hydrogen-bond acceptors (Lipinski definition) is 2. The molecule has 0 heterocycles. The van der Waals surface area contributed by atoms with E-state index in [1.54, 1.807) is 12.1 Å². The van der Waals surface area contributed by atoms with Crippen molar-refractivity contribution in [2.45, 2.75) is 6.54 Å². The number of benzene rings is 3. The maximum Gasteiger partial charge on any atom is 0.117 e. The number of phenolic OH excluding ortho intramolecular Hbond substituents is 1. The van der Waals surface area contributed by atoms with Crippen LogP contribution in [-0.2, 0) is 6.54 Å². The Bertz CT molecular complexity index is 705. The zero-order valence-corrected chi connectivity index (χ0v) is 11.7. The highest BCUT2D eigenvalue weighted by molar-refractivity contribution is 5.63. The Hall–Kier alpha value is -2.74. The Morgan fingerprint density at radius 2 is 1.43 bits per heavy atom. The summed E-state index contributed by atoms with van der Waals surface area (Å²) in [5, 5.41) is 12.7. The van der Waals surface area contributed by atoms with Crippen molar-refractivity contribution in [3.05, 3.63) is 84.4 Å². The maximum atomic E-state index is 9.43. The van der Waals surface area contributed by atoms with Gasteiger partial charge in [-0.3, -0.25) is 0 Å². The van der Waals surface area contributed by atoms with E-state index in [0.717, 1.165) is 12.2 Å². The molecule has 2 heteroatoms. The molecule has 0 aliphatic carbocycles. The molecule has 0 aliphatic heterocycles. The molecule has 0 unspecified atom stereocenters. The van der Waals surface area contributed by atoms with Crippen LogP contribution >= 0.6 is 0 Å². The summed E-state index contributed by atoms with van der Waals surface area (Å²) in [6, 6.07) is 26.0. The number of aromatic hydroxyl groups is 1. The Morgan fingerprint density at radius 1 is 0.714 bits per heavy atom. The summed E-state index contributed by atoms with van der Waals surface area (Å²) < 4.78 is 0. The van der Waals surface area contributed by atoms with Crippen LogP contribution in [0.15, 0.2) is 78.9 Å². The van der Waals surface area contributed by atoms with Crippen LogP contribution in [0.4, 0.5) is 5.69 Å². The lowest BCUT2D eigenvalue weighted by molar-refractivity contribution is 0.475. The fraction of sp³-hybridized carbons (Fsp3) is 0.0526. The molecule has 0 aliphatic rings. The second-order valence-electron chi connectivity index (χ2n) is 4.97. The molecule has 0 spiro atoms. The van der Waals surface area contributed by atoms with Gasteiger partial charge in [0, 0.05) is 18.3 Å². The Balaban J connectivity index is 1.68. The SMILES string of the molecule is Oc1cccc(NCc2ccc(-c3ccccc3)cc2)c1. The van der Waals surface area contributed by atoms with Gasteiger partial charge in [-0.2, -0.15) is 0 Å². The third-order valence-corrected chi connectivity index (χ3v) is 3.40. The molecule has 0 saturated heterocycles. The van der Waals surface area contributed by atoms with Gasteiger partial charge in [-0.25, -0.2) is 0 Å². The zero-order valence-electron chi connectivity index (χ0n) is 11.7. The van der Waals surface area contributed by atoms with Crippen LogP contribution in [0.25, 0.3) is 11.1 Å². The van der Waals surface area contributed by atoms with Gasteiger partial charge < -0.3 is 10.4 Å². The predicted molar refractivity (Wildman–Crippen MR) is 87.3 cm³/mol. The lowest BCUT2D eigenvalue weighted by Gasteiger charge is -2.08. The topological polar surface area (TPSA) is 32.3 Å². The molecular formula is C19H17NO. The van der Waals surface area contributed by atoms with E-state index in [-0.39, 0.29) is 5.75 Å². The van der Waals surface area contributed by atoms with Crippen molar-refractivity contribution in [2.75, 3.05) is 5.32 Å². The molecule has 0 atom stereocenters. The summed E-state index contributed by atoms with van der Waals surface area (Å²) in [6.45, 7) is 0.735. The number of rotatable bonds is 4. The first-order valence-corrected chi connectivity index (χ1v) is 6.98. The van der Waals surface area contributed by atoms with Gasteiger partial charge in [0.15, 0.2) is 0 Å². The molecule has 2 N–H and O–H groups in total. The minimum Gasteiger partial charge on any atom is -0.508 e. The van der Waals surface area contributed by atoms with Gasteiger partial charge in [-0.15, -0.1) is 0 Å². The molecule has 2 nitrogen and oxygen atoms in total. The Morgan fingerprint density at radius 3 is 2.14 bits per heavy atom. The smallest absolute Gasteiger partial charge is 0.117 e. The molecule has 3 aromatic carbocycles. The summed E-state index contributed by atoms with van der Waals surface area (Å²) in [6.07, 6.45) is 0. The van der Waals surface area contributed by atoms with E-state index in [9.17, 15) is 5.11 Å². The van der Waals surface area contributed by atoms with Crippen LogP contribution in [-0.4, -0.2) is 5.11 Å². The average Bonchev–Trinajstić information content (AvgIpc) is 2.54. The monoisotopic (exact) mass is 275 g/mol. The fourth-order valence-electron chi connectivity index (χ4n) is 2.27. The second kappa shape index (κ2) is 6.14. The molecule has 104 valence electrons. The average molecular weight is 275 g/mol. The summed E-state index contributed by atoms with van der Waals surface area (Å²) in [7, 11) is 0. The van der Waals surface area contributed by atoms with Crippen LogP contribution < -0.4 is 5.32 Å². The van der Waals surface area contributed by atoms with E-state index in [4.69, 9.17) is 0 Å². The fourth-order valence-corrected chi connectivity index (χ4v) is 2.27. The minimum absolute atomic E-state index is 0.277. The molecule has 3 rings (SSSR count). The number of nitrogens with one attached hydrogen (secondary N) is 1. The predicted octanol–water partition coefficient (Wildman–Crippen LogP) is 4.67. The second-order valence-corrected chi connectivity index (χ2v) is 4.97. The first kappa shape index (κ1) is 13.3. The molecular weight excluding hydrogens is 258 g/mol. The molecule has 21 heavy (non-hydrogen) atoms. The van der Waals surface area contributed by atoms with Gasteiger partial charge in [0.05, 0.1) is 0 Å². The quantitative estimate of drug-likeness (QED) is 0.725. The number of anilines is 1. The molecule has 0 aromatic heterocycles. The van der Waals surface area contributed by atoms with E-state index >= 15 is 0 Å². The van der Waals surface area contributed by atoms with Gasteiger partial charge in [0.2, 0.25) is 0 Å². The van der Waals surface area contributed by atoms with Crippen molar-refractivity contribution >= 4 is 5.69 Å². The molecule has 0 fully saturated rings. The van der Waals surface area contributed by atoms with Crippen LogP contribution in [0.2, 0.25) is 0 Å². The molecule has 3 aromatic rings. The highest BCUT2D eigenvalue weighted by atomic mass is 16.3. The van der Waals surface area contributed by atoms with E-state index < -0.39 is 0 Å². The van der Waals surface area contributed by atoms with Crippen molar-refractivity contribution in [1.82, 2.24) is 0 Å². The summed E-state index contributed by atoms with van der Waals surface area (Å²) in [4.78, 5) is 0. The highest BCUT2D eigenvalue weighted by Gasteiger charge is 1.98. The van der Waals surface area contributed by atoms with E-state index in [2.05, 4.69) is 41.7 Å². The van der Waals surface area contributed by atoms with Crippen molar-refractivity contribution in [3.63, 3.8) is 0 Å². The van der Waals surface area contributed by atoms with Crippen LogP contribution in [0.3, 0.4) is 0 Å². The van der Waals surface area contributed by atoms with E-state index in [1.807, 2.05) is 30.3 Å². The van der Waals surface area contributed by atoms with E-state index in [0.29, 0.717) is 0 Å². The third-order valence-electron chi connectivity index (χ3n) is 3.40. The highest BCUT2D eigenvalue weighted by Crippen LogP contribution is 2.20. The number of phenols is 1. The standard InChI is InChI=1S/C19H17NO/c21-19-8-4-7-18(13-19)20-14-15-9-11-17(12-10-15)16-5-2-1-3-6-16/h1-13,20-21H,14H2. The van der Waals surface area contributed by atoms with Crippen molar-refractivity contribution in [2.24, 2.45) is 0 Å². The van der Waals surface area contributed by atoms with Crippen LogP contribution in [0, 0.1) is 0 Å². The van der Waals surface area contributed by atoms with Gasteiger partial charge in [0.25, 0.3) is 0 Å². The Labute approximate surface area is 124 Å². The van der Waals surface area contributed by atoms with Crippen LogP contribution in [0.5, 0.6) is 5.75 Å². The number of hydrogen-bond donors (Lipinski definition) is 2. The maximum absolute atomic E-state index is 9.43. The summed E-state index contributed by atoms with van der Waals surface area (Å²) in [5.41, 5.74) is 4.57. The van der Waals surface area contributed by atoms with Gasteiger partial charge in [-0.05, 0) is 28.8 Å². The minimum atomic E-state index is 0.277. The summed E-state index contributed by atoms with van der Waals surface area (Å²) >= 11 is 0. The lowest BCUT2D eigenvalue weighted by Crippen LogP contribution is -1.98. The van der Waals surface area contributed by atoms with E-state index in [1.165, 1.54) is 16.7 Å². The normalized spacial score (nSPS) is 10.3. The third kappa shape index (κ3) is 3.42. The van der Waals surface area contributed by atoms with Crippen LogP contribution in [0.1, 0.15) is 5.56 Å². The molecule has 0 radical (unpaired) electrons. The lowest BCUT2D eigenvalue weighted by atomic mass is 10.0. The first-order chi connectivity index (χ1) is 10.3. The molecule has 0 saturated carbocycles. The van der Waals surface area contributed by atoms with Gasteiger partial charge in [-0.1, -0.05) is 60.7 Å².